The van der Waals surface area contributed by atoms with Crippen LogP contribution in [0.5, 0.6) is 0 Å². The van der Waals surface area contributed by atoms with Crippen molar-refractivity contribution in [3.63, 3.8) is 0 Å². The van der Waals surface area contributed by atoms with E-state index >= 15 is 0 Å². The van der Waals surface area contributed by atoms with Gasteiger partial charge in [0.15, 0.2) is 0 Å². The Hall–Kier alpha value is -1.11. The lowest BCUT2D eigenvalue weighted by molar-refractivity contribution is 0.0939. The molecule has 0 aromatic heterocycles. The molecular formula is C17H25ClN2O3S. The number of piperidine rings is 1. The van der Waals surface area contributed by atoms with Gasteiger partial charge in [-0.25, -0.2) is 8.42 Å². The molecule has 24 heavy (non-hydrogen) atoms. The van der Waals surface area contributed by atoms with Gasteiger partial charge in [0.2, 0.25) is 10.0 Å². The number of carbonyl (C=O) groups excluding carboxylic acids is 1. The van der Waals surface area contributed by atoms with Crippen LogP contribution in [0.2, 0.25) is 5.02 Å². The van der Waals surface area contributed by atoms with Crippen LogP contribution in [0.4, 0.5) is 0 Å². The summed E-state index contributed by atoms with van der Waals surface area (Å²) in [7, 11) is -3.69. The summed E-state index contributed by atoms with van der Waals surface area (Å²) < 4.78 is 27.3. The lowest BCUT2D eigenvalue weighted by Gasteiger charge is -2.30. The second-order valence-corrected chi connectivity index (χ2v) is 8.85. The molecule has 2 rings (SSSR count). The van der Waals surface area contributed by atoms with Gasteiger partial charge in [-0.05, 0) is 50.3 Å². The van der Waals surface area contributed by atoms with Gasteiger partial charge >= 0.3 is 0 Å². The number of nitrogens with one attached hydrogen (secondary N) is 1. The van der Waals surface area contributed by atoms with Gasteiger partial charge < -0.3 is 5.32 Å². The molecule has 1 aromatic carbocycles. The molecule has 1 amide bonds. The van der Waals surface area contributed by atoms with Gasteiger partial charge in [-0.1, -0.05) is 25.4 Å². The molecule has 1 N–H and O–H groups in total. The predicted molar refractivity (Wildman–Crippen MR) is 95.8 cm³/mol. The predicted octanol–water partition coefficient (Wildman–Crippen LogP) is 3.29. The van der Waals surface area contributed by atoms with Crippen LogP contribution in [0.3, 0.4) is 0 Å². The summed E-state index contributed by atoms with van der Waals surface area (Å²) in [6.07, 6.45) is 2.67. The highest BCUT2D eigenvalue weighted by atomic mass is 35.5. The molecule has 1 aliphatic heterocycles. The van der Waals surface area contributed by atoms with E-state index in [4.69, 9.17) is 11.6 Å². The molecule has 0 bridgehead atoms. The average molecular weight is 373 g/mol. The first-order chi connectivity index (χ1) is 11.3. The van der Waals surface area contributed by atoms with Gasteiger partial charge in [0, 0.05) is 24.7 Å². The van der Waals surface area contributed by atoms with E-state index in [-0.39, 0.29) is 21.9 Å². The van der Waals surface area contributed by atoms with Crippen molar-refractivity contribution >= 4 is 27.5 Å². The van der Waals surface area contributed by atoms with Crippen molar-refractivity contribution in [2.24, 2.45) is 5.92 Å². The molecule has 0 saturated carbocycles. The Morgan fingerprint density at radius 3 is 2.79 bits per heavy atom. The third kappa shape index (κ3) is 4.29. The highest BCUT2D eigenvalue weighted by Gasteiger charge is 2.30. The van der Waals surface area contributed by atoms with Crippen molar-refractivity contribution in [1.82, 2.24) is 9.62 Å². The summed E-state index contributed by atoms with van der Waals surface area (Å²) in [4.78, 5) is 12.3. The third-order valence-corrected chi connectivity index (χ3v) is 6.77. The fraction of sp³-hybridized carbons (Fsp3) is 0.588. The fourth-order valence-electron chi connectivity index (χ4n) is 2.76. The van der Waals surface area contributed by atoms with E-state index in [2.05, 4.69) is 5.32 Å². The van der Waals surface area contributed by atoms with Gasteiger partial charge in [0.1, 0.15) is 4.90 Å². The van der Waals surface area contributed by atoms with E-state index in [1.54, 1.807) is 6.07 Å². The minimum atomic E-state index is -3.69. The van der Waals surface area contributed by atoms with Crippen molar-refractivity contribution in [3.05, 3.63) is 28.8 Å². The van der Waals surface area contributed by atoms with Gasteiger partial charge in [0.05, 0.1) is 5.02 Å². The summed E-state index contributed by atoms with van der Waals surface area (Å²) in [5.41, 5.74) is 0.309. The van der Waals surface area contributed by atoms with Crippen LogP contribution in [-0.4, -0.2) is 37.8 Å². The van der Waals surface area contributed by atoms with E-state index in [0.29, 0.717) is 24.6 Å². The zero-order valence-corrected chi connectivity index (χ0v) is 16.0. The minimum Gasteiger partial charge on any atom is -0.350 e. The summed E-state index contributed by atoms with van der Waals surface area (Å²) in [5, 5.41) is 2.99. The van der Waals surface area contributed by atoms with E-state index in [0.717, 1.165) is 19.3 Å². The van der Waals surface area contributed by atoms with Crippen molar-refractivity contribution in [3.8, 4) is 0 Å². The number of nitrogens with zero attached hydrogens (tertiary/aromatic N) is 1. The van der Waals surface area contributed by atoms with Crippen LogP contribution >= 0.6 is 11.6 Å². The molecule has 134 valence electrons. The normalized spacial score (nSPS) is 20.6. The van der Waals surface area contributed by atoms with Crippen LogP contribution in [0, 0.1) is 5.92 Å². The molecule has 7 heteroatoms. The van der Waals surface area contributed by atoms with Crippen molar-refractivity contribution < 1.29 is 13.2 Å². The van der Waals surface area contributed by atoms with Gasteiger partial charge in [0.25, 0.3) is 5.91 Å². The summed E-state index contributed by atoms with van der Waals surface area (Å²) >= 11 is 6.14. The molecule has 1 fully saturated rings. The van der Waals surface area contributed by atoms with Crippen molar-refractivity contribution in [1.29, 1.82) is 0 Å². The molecular weight excluding hydrogens is 348 g/mol. The SMILES string of the molecule is CCC(C)NC(=O)c1ccc(Cl)c(S(=O)(=O)N2CCCC(C)C2)c1. The smallest absolute Gasteiger partial charge is 0.251 e. The number of carbonyl (C=O) groups is 1. The van der Waals surface area contributed by atoms with Crippen LogP contribution < -0.4 is 5.32 Å². The molecule has 2 atom stereocenters. The fourth-order valence-corrected chi connectivity index (χ4v) is 4.85. The molecule has 1 aromatic rings. The number of halogens is 1. The molecule has 1 heterocycles. The van der Waals surface area contributed by atoms with Crippen molar-refractivity contribution in [2.45, 2.75) is 51.0 Å². The zero-order valence-electron chi connectivity index (χ0n) is 14.4. The molecule has 1 saturated heterocycles. The number of rotatable bonds is 5. The number of sulfonamides is 1. The maximum Gasteiger partial charge on any atom is 0.251 e. The Morgan fingerprint density at radius 1 is 1.46 bits per heavy atom. The van der Waals surface area contributed by atoms with Crippen LogP contribution in [0.15, 0.2) is 23.1 Å². The molecule has 1 aliphatic rings. The summed E-state index contributed by atoms with van der Waals surface area (Å²) in [6.45, 7) is 6.90. The van der Waals surface area contributed by atoms with Gasteiger partial charge in [-0.3, -0.25) is 4.79 Å². The quantitative estimate of drug-likeness (QED) is 0.862. The van der Waals surface area contributed by atoms with E-state index in [1.165, 1.54) is 16.4 Å². The molecule has 2 unspecified atom stereocenters. The van der Waals surface area contributed by atoms with Gasteiger partial charge in [-0.2, -0.15) is 4.31 Å². The zero-order chi connectivity index (χ0) is 17.9. The van der Waals surface area contributed by atoms with Crippen molar-refractivity contribution in [2.75, 3.05) is 13.1 Å². The van der Waals surface area contributed by atoms with Crippen LogP contribution in [0.25, 0.3) is 0 Å². The largest absolute Gasteiger partial charge is 0.350 e. The minimum absolute atomic E-state index is 0.00932. The molecule has 0 aliphatic carbocycles. The lowest BCUT2D eigenvalue weighted by atomic mass is 10.0. The van der Waals surface area contributed by atoms with E-state index in [9.17, 15) is 13.2 Å². The molecule has 5 nitrogen and oxygen atoms in total. The van der Waals surface area contributed by atoms with Gasteiger partial charge in [-0.15, -0.1) is 0 Å². The Labute approximate surface area is 149 Å². The standard InChI is InChI=1S/C17H25ClN2O3S/c1-4-13(3)19-17(21)14-7-8-15(18)16(10-14)24(22,23)20-9-5-6-12(2)11-20/h7-8,10,12-13H,4-6,9,11H2,1-3H3,(H,19,21). The van der Waals surface area contributed by atoms with Crippen LogP contribution in [0.1, 0.15) is 50.4 Å². The first kappa shape index (κ1) is 19.2. The highest BCUT2D eigenvalue weighted by molar-refractivity contribution is 7.89. The molecule has 0 spiro atoms. The third-order valence-electron chi connectivity index (χ3n) is 4.42. The Morgan fingerprint density at radius 2 is 2.17 bits per heavy atom. The lowest BCUT2D eigenvalue weighted by Crippen LogP contribution is -2.39. The molecule has 0 radical (unpaired) electrons. The van der Waals surface area contributed by atoms with E-state index < -0.39 is 10.0 Å². The maximum absolute atomic E-state index is 12.9. The maximum atomic E-state index is 12.9. The second kappa shape index (κ2) is 7.85. The summed E-state index contributed by atoms with van der Waals surface area (Å²) in [5.74, 6) is 0.0358. The topological polar surface area (TPSA) is 66.5 Å². The Balaban J connectivity index is 2.32. The Bertz CT molecular complexity index is 706. The first-order valence-corrected chi connectivity index (χ1v) is 10.2. The average Bonchev–Trinajstić information content (AvgIpc) is 2.54. The summed E-state index contributed by atoms with van der Waals surface area (Å²) in [6, 6.07) is 4.44. The highest BCUT2D eigenvalue weighted by Crippen LogP contribution is 2.29. The number of hydrogen-bond donors (Lipinski definition) is 1. The van der Waals surface area contributed by atoms with E-state index in [1.807, 2.05) is 20.8 Å². The Kier molecular flexibility index (Phi) is 6.28. The monoisotopic (exact) mass is 372 g/mol. The number of amides is 1. The first-order valence-electron chi connectivity index (χ1n) is 8.36. The second-order valence-electron chi connectivity index (χ2n) is 6.54. The number of benzene rings is 1. The number of hydrogen-bond acceptors (Lipinski definition) is 3. The van der Waals surface area contributed by atoms with Crippen LogP contribution in [-0.2, 0) is 10.0 Å².